The van der Waals surface area contributed by atoms with Crippen LogP contribution >= 0.6 is 0 Å². The van der Waals surface area contributed by atoms with E-state index in [-0.39, 0.29) is 11.4 Å². The number of rotatable bonds is 6. The summed E-state index contributed by atoms with van der Waals surface area (Å²) in [6, 6.07) is 3.20. The quantitative estimate of drug-likeness (QED) is 0.697. The SMILES string of the molecule is C=N/C=C\n1cc(S(=O)(=O)N(C)[C@H](c2ccc(C)cc2)C(F)(F)F)nc1C. The number of halogens is 3. The minimum absolute atomic E-state index is 0.175. The third kappa shape index (κ3) is 4.45. The van der Waals surface area contributed by atoms with Gasteiger partial charge in [0.15, 0.2) is 5.03 Å². The molecule has 0 aliphatic rings. The maximum atomic E-state index is 13.7. The van der Waals surface area contributed by atoms with Crippen molar-refractivity contribution in [2.75, 3.05) is 7.05 Å². The lowest BCUT2D eigenvalue weighted by Gasteiger charge is -2.29. The topological polar surface area (TPSA) is 67.6 Å². The summed E-state index contributed by atoms with van der Waals surface area (Å²) < 4.78 is 68.3. The number of hydrogen-bond donors (Lipinski definition) is 0. The van der Waals surface area contributed by atoms with Crippen LogP contribution in [0.5, 0.6) is 0 Å². The Morgan fingerprint density at radius 1 is 1.26 bits per heavy atom. The van der Waals surface area contributed by atoms with Gasteiger partial charge in [-0.25, -0.2) is 13.4 Å². The highest BCUT2D eigenvalue weighted by molar-refractivity contribution is 7.89. The molecule has 1 heterocycles. The van der Waals surface area contributed by atoms with Crippen molar-refractivity contribution in [1.82, 2.24) is 13.9 Å². The molecule has 0 saturated heterocycles. The molecule has 1 aromatic carbocycles. The van der Waals surface area contributed by atoms with Crippen LogP contribution in [0.25, 0.3) is 6.20 Å². The summed E-state index contributed by atoms with van der Waals surface area (Å²) in [4.78, 5) is 7.38. The summed E-state index contributed by atoms with van der Waals surface area (Å²) >= 11 is 0. The minimum atomic E-state index is -4.80. The lowest BCUT2D eigenvalue weighted by atomic mass is 10.1. The number of imidazole rings is 1. The molecule has 0 bridgehead atoms. The highest BCUT2D eigenvalue weighted by Gasteiger charge is 2.48. The minimum Gasteiger partial charge on any atom is -0.308 e. The maximum absolute atomic E-state index is 13.7. The average molecular weight is 400 g/mol. The molecule has 1 aromatic heterocycles. The van der Waals surface area contributed by atoms with E-state index in [1.54, 1.807) is 6.92 Å². The van der Waals surface area contributed by atoms with Crippen molar-refractivity contribution < 1.29 is 21.6 Å². The van der Waals surface area contributed by atoms with Crippen LogP contribution in [-0.4, -0.2) is 42.2 Å². The molecule has 10 heteroatoms. The molecule has 2 rings (SSSR count). The Balaban J connectivity index is 2.50. The summed E-state index contributed by atoms with van der Waals surface area (Å²) in [6.07, 6.45) is -0.970. The molecule has 0 unspecified atom stereocenters. The first-order valence-corrected chi connectivity index (χ1v) is 9.21. The summed E-state index contributed by atoms with van der Waals surface area (Å²) in [5.74, 6) is 0.278. The van der Waals surface area contributed by atoms with Gasteiger partial charge in [0.05, 0.1) is 0 Å². The third-order valence-electron chi connectivity index (χ3n) is 3.94. The van der Waals surface area contributed by atoms with Gasteiger partial charge in [0.25, 0.3) is 10.0 Å². The van der Waals surface area contributed by atoms with Gasteiger partial charge < -0.3 is 4.57 Å². The van der Waals surface area contributed by atoms with Crippen LogP contribution in [0.1, 0.15) is 23.0 Å². The summed E-state index contributed by atoms with van der Waals surface area (Å²) in [6.45, 7) is 6.51. The molecular weight excluding hydrogens is 381 g/mol. The first-order chi connectivity index (χ1) is 12.5. The molecule has 6 nitrogen and oxygen atoms in total. The highest BCUT2D eigenvalue weighted by atomic mass is 32.2. The Kier molecular flexibility index (Phi) is 5.91. The molecule has 0 spiro atoms. The number of sulfonamides is 1. The normalized spacial score (nSPS) is 14.0. The largest absolute Gasteiger partial charge is 0.409 e. The maximum Gasteiger partial charge on any atom is 0.409 e. The number of aryl methyl sites for hydroxylation is 2. The monoisotopic (exact) mass is 400 g/mol. The van der Waals surface area contributed by atoms with Crippen LogP contribution in [0.4, 0.5) is 13.2 Å². The number of benzene rings is 1. The van der Waals surface area contributed by atoms with E-state index >= 15 is 0 Å². The van der Waals surface area contributed by atoms with E-state index in [1.807, 2.05) is 0 Å². The van der Waals surface area contributed by atoms with Gasteiger partial charge in [-0.15, -0.1) is 0 Å². The summed E-state index contributed by atoms with van der Waals surface area (Å²) in [5, 5.41) is -0.488. The molecule has 146 valence electrons. The van der Waals surface area contributed by atoms with Crippen LogP contribution in [0.15, 0.2) is 46.7 Å². The lowest BCUT2D eigenvalue weighted by molar-refractivity contribution is -0.171. The molecule has 0 aliphatic carbocycles. The molecule has 0 N–H and O–H groups in total. The Hall–Kier alpha value is -2.46. The van der Waals surface area contributed by atoms with Crippen molar-refractivity contribution in [3.63, 3.8) is 0 Å². The number of aromatic nitrogens is 2. The second kappa shape index (κ2) is 7.65. The standard InChI is InChI=1S/C17H19F3N4O2S/c1-12-5-7-14(8-6-12)16(17(18,19)20)23(4)27(25,26)15-11-24(10-9-21-3)13(2)22-15/h5-11,16H,3H2,1-2,4H3/b10-9-/t16-/m1/s1. The van der Waals surface area contributed by atoms with Crippen molar-refractivity contribution in [2.24, 2.45) is 4.99 Å². The molecule has 0 saturated carbocycles. The zero-order valence-corrected chi connectivity index (χ0v) is 15.8. The van der Waals surface area contributed by atoms with Gasteiger partial charge in [-0.05, 0) is 26.1 Å². The fourth-order valence-corrected chi connectivity index (χ4v) is 3.80. The van der Waals surface area contributed by atoms with Crippen molar-refractivity contribution in [1.29, 1.82) is 0 Å². The Morgan fingerprint density at radius 2 is 1.85 bits per heavy atom. The van der Waals surface area contributed by atoms with Crippen molar-refractivity contribution in [3.8, 4) is 0 Å². The highest BCUT2D eigenvalue weighted by Crippen LogP contribution is 2.39. The van der Waals surface area contributed by atoms with Crippen LogP contribution < -0.4 is 0 Å². The van der Waals surface area contributed by atoms with E-state index in [0.717, 1.165) is 18.8 Å². The van der Waals surface area contributed by atoms with Crippen molar-refractivity contribution in [3.05, 3.63) is 53.6 Å². The van der Waals surface area contributed by atoms with Gasteiger partial charge in [-0.3, -0.25) is 4.99 Å². The molecule has 1 atom stereocenters. The van der Waals surface area contributed by atoms with Gasteiger partial charge in [-0.1, -0.05) is 29.8 Å². The van der Waals surface area contributed by atoms with Gasteiger partial charge in [0.1, 0.15) is 11.9 Å². The van der Waals surface area contributed by atoms with Crippen LogP contribution in [0, 0.1) is 13.8 Å². The summed E-state index contributed by atoms with van der Waals surface area (Å²) in [7, 11) is -3.61. The smallest absolute Gasteiger partial charge is 0.308 e. The Labute approximate surface area is 155 Å². The fourth-order valence-electron chi connectivity index (χ4n) is 2.49. The van der Waals surface area contributed by atoms with Crippen LogP contribution in [-0.2, 0) is 10.0 Å². The second-order valence-corrected chi connectivity index (χ2v) is 7.83. The predicted octanol–water partition coefficient (Wildman–Crippen LogP) is 3.55. The zero-order valence-electron chi connectivity index (χ0n) is 15.0. The first kappa shape index (κ1) is 20.8. The molecule has 27 heavy (non-hydrogen) atoms. The van der Waals surface area contributed by atoms with E-state index in [1.165, 1.54) is 48.2 Å². The third-order valence-corrected chi connectivity index (χ3v) is 5.63. The van der Waals surface area contributed by atoms with Crippen molar-refractivity contribution >= 4 is 22.9 Å². The van der Waals surface area contributed by atoms with Crippen LogP contribution in [0.3, 0.4) is 0 Å². The Bertz CT molecular complexity index is 948. The Morgan fingerprint density at radius 3 is 2.37 bits per heavy atom. The number of nitrogens with zero attached hydrogens (tertiary/aromatic N) is 4. The predicted molar refractivity (Wildman–Crippen MR) is 96.8 cm³/mol. The lowest BCUT2D eigenvalue weighted by Crippen LogP contribution is -2.39. The molecular formula is C17H19F3N4O2S. The summed E-state index contributed by atoms with van der Waals surface area (Å²) in [5.41, 5.74) is 0.591. The molecule has 0 aliphatic heterocycles. The number of aliphatic imine (C=N–C) groups is 1. The zero-order chi connectivity index (χ0) is 20.4. The molecule has 2 aromatic rings. The van der Waals surface area contributed by atoms with Gasteiger partial charge in [0.2, 0.25) is 0 Å². The van der Waals surface area contributed by atoms with E-state index in [2.05, 4.69) is 16.7 Å². The molecule has 0 fully saturated rings. The number of alkyl halides is 3. The van der Waals surface area contributed by atoms with Crippen LogP contribution in [0.2, 0.25) is 0 Å². The van der Waals surface area contributed by atoms with Crippen molar-refractivity contribution in [2.45, 2.75) is 31.1 Å². The van der Waals surface area contributed by atoms with E-state index < -0.39 is 27.3 Å². The van der Waals surface area contributed by atoms with Gasteiger partial charge >= 0.3 is 6.18 Å². The molecule has 0 amide bonds. The van der Waals surface area contributed by atoms with E-state index in [0.29, 0.717) is 4.31 Å². The van der Waals surface area contributed by atoms with Gasteiger partial charge in [0, 0.05) is 25.6 Å². The van der Waals surface area contributed by atoms with Gasteiger partial charge in [-0.2, -0.15) is 17.5 Å². The first-order valence-electron chi connectivity index (χ1n) is 7.77. The number of hydrogen-bond acceptors (Lipinski definition) is 4. The second-order valence-electron chi connectivity index (χ2n) is 5.89. The average Bonchev–Trinajstić information content (AvgIpc) is 2.95. The molecule has 0 radical (unpaired) electrons. The van der Waals surface area contributed by atoms with E-state index in [9.17, 15) is 21.6 Å². The fraction of sp³-hybridized carbons (Fsp3) is 0.294. The van der Waals surface area contributed by atoms with E-state index in [4.69, 9.17) is 0 Å².